The highest BCUT2D eigenvalue weighted by Crippen LogP contribution is 2.29. The number of hydrogen-bond acceptors (Lipinski definition) is 2. The van der Waals surface area contributed by atoms with Crippen LogP contribution in [0, 0.1) is 12.7 Å². The van der Waals surface area contributed by atoms with Gasteiger partial charge < -0.3 is 10.2 Å². The van der Waals surface area contributed by atoms with Gasteiger partial charge in [-0.1, -0.05) is 19.1 Å². The van der Waals surface area contributed by atoms with E-state index in [1.54, 1.807) is 30.0 Å². The number of hydrogen-bond donors (Lipinski definition) is 1. The smallest absolute Gasteiger partial charge is 0.251 e. The number of carbonyl (C=O) groups is 2. The molecule has 0 unspecified atom stereocenters. The second-order valence-corrected chi connectivity index (χ2v) is 6.26. The monoisotopic (exact) mass is 340 g/mol. The predicted octanol–water partition coefficient (Wildman–Crippen LogP) is 3.36. The van der Waals surface area contributed by atoms with Gasteiger partial charge in [0.25, 0.3) is 5.91 Å². The van der Waals surface area contributed by atoms with Gasteiger partial charge in [0.15, 0.2) is 0 Å². The first-order valence-electron chi connectivity index (χ1n) is 8.46. The van der Waals surface area contributed by atoms with Gasteiger partial charge in [0.1, 0.15) is 5.82 Å². The SMILES string of the molecule is CCC(=O)N1CCc2cc(C(=O)NCc3ccc(F)c(C)c3)ccc21. The number of halogens is 1. The lowest BCUT2D eigenvalue weighted by Crippen LogP contribution is -2.27. The maximum absolute atomic E-state index is 13.3. The lowest BCUT2D eigenvalue weighted by Gasteiger charge is -2.16. The second kappa shape index (κ2) is 7.05. The average Bonchev–Trinajstić information content (AvgIpc) is 3.05. The van der Waals surface area contributed by atoms with E-state index in [1.165, 1.54) is 6.07 Å². The van der Waals surface area contributed by atoms with Crippen molar-refractivity contribution >= 4 is 17.5 Å². The molecule has 0 spiro atoms. The zero-order valence-electron chi connectivity index (χ0n) is 14.4. The zero-order valence-corrected chi connectivity index (χ0v) is 14.4. The summed E-state index contributed by atoms with van der Waals surface area (Å²) in [5, 5.41) is 2.86. The van der Waals surface area contributed by atoms with Crippen LogP contribution in [0.5, 0.6) is 0 Å². The Bertz CT molecular complexity index is 832. The minimum Gasteiger partial charge on any atom is -0.348 e. The summed E-state index contributed by atoms with van der Waals surface area (Å²) >= 11 is 0. The summed E-state index contributed by atoms with van der Waals surface area (Å²) in [7, 11) is 0. The molecule has 2 aromatic carbocycles. The quantitative estimate of drug-likeness (QED) is 0.928. The highest BCUT2D eigenvalue weighted by molar-refractivity contribution is 5.98. The van der Waals surface area contributed by atoms with Crippen molar-refractivity contribution in [2.24, 2.45) is 0 Å². The fourth-order valence-electron chi connectivity index (χ4n) is 3.09. The molecule has 0 atom stereocenters. The standard InChI is InChI=1S/C20H21FN2O2/c1-3-19(24)23-9-8-15-11-16(5-7-18(15)23)20(25)22-12-14-4-6-17(21)13(2)10-14/h4-7,10-11H,3,8-9,12H2,1-2H3,(H,22,25). The number of nitrogens with one attached hydrogen (secondary N) is 1. The van der Waals surface area contributed by atoms with Gasteiger partial charge in [-0.05, 0) is 54.3 Å². The van der Waals surface area contributed by atoms with Gasteiger partial charge in [0.05, 0.1) is 0 Å². The molecule has 0 aliphatic carbocycles. The highest BCUT2D eigenvalue weighted by Gasteiger charge is 2.24. The third kappa shape index (κ3) is 3.55. The molecule has 5 heteroatoms. The lowest BCUT2D eigenvalue weighted by molar-refractivity contribution is -0.118. The molecule has 1 N–H and O–H groups in total. The number of rotatable bonds is 4. The fraction of sp³-hybridized carbons (Fsp3) is 0.300. The normalized spacial score (nSPS) is 12.8. The molecule has 0 saturated carbocycles. The number of carbonyl (C=O) groups excluding carboxylic acids is 2. The molecule has 0 saturated heterocycles. The van der Waals surface area contributed by atoms with Gasteiger partial charge in [-0.25, -0.2) is 4.39 Å². The maximum atomic E-state index is 13.3. The molecule has 0 bridgehead atoms. The van der Waals surface area contributed by atoms with Crippen LogP contribution in [0.15, 0.2) is 36.4 Å². The summed E-state index contributed by atoms with van der Waals surface area (Å²) in [6, 6.07) is 10.2. The summed E-state index contributed by atoms with van der Waals surface area (Å²) in [6.45, 7) is 4.56. The van der Waals surface area contributed by atoms with E-state index in [0.717, 1.165) is 23.2 Å². The van der Waals surface area contributed by atoms with Crippen LogP contribution in [-0.4, -0.2) is 18.4 Å². The minimum absolute atomic E-state index is 0.0997. The van der Waals surface area contributed by atoms with Crippen molar-refractivity contribution in [1.82, 2.24) is 5.32 Å². The van der Waals surface area contributed by atoms with Gasteiger partial charge in [0, 0.05) is 30.8 Å². The summed E-state index contributed by atoms with van der Waals surface area (Å²) in [5.74, 6) is -0.326. The molecule has 1 heterocycles. The van der Waals surface area contributed by atoms with E-state index in [4.69, 9.17) is 0 Å². The fourth-order valence-corrected chi connectivity index (χ4v) is 3.09. The van der Waals surface area contributed by atoms with Crippen molar-refractivity contribution in [2.45, 2.75) is 33.2 Å². The summed E-state index contributed by atoms with van der Waals surface area (Å²) in [5.41, 5.74) is 3.91. The van der Waals surface area contributed by atoms with Crippen molar-refractivity contribution in [3.8, 4) is 0 Å². The topological polar surface area (TPSA) is 49.4 Å². The van der Waals surface area contributed by atoms with Gasteiger partial charge in [0.2, 0.25) is 5.91 Å². The van der Waals surface area contributed by atoms with Crippen molar-refractivity contribution < 1.29 is 14.0 Å². The first kappa shape index (κ1) is 17.1. The molecule has 0 radical (unpaired) electrons. The Morgan fingerprint density at radius 3 is 2.72 bits per heavy atom. The second-order valence-electron chi connectivity index (χ2n) is 6.26. The Morgan fingerprint density at radius 1 is 1.20 bits per heavy atom. The van der Waals surface area contributed by atoms with Gasteiger partial charge in [-0.3, -0.25) is 9.59 Å². The molecular formula is C20H21FN2O2. The van der Waals surface area contributed by atoms with Crippen LogP contribution in [0.2, 0.25) is 0 Å². The van der Waals surface area contributed by atoms with E-state index in [2.05, 4.69) is 5.32 Å². The van der Waals surface area contributed by atoms with E-state index in [1.807, 2.05) is 19.1 Å². The van der Waals surface area contributed by atoms with Gasteiger partial charge in [-0.2, -0.15) is 0 Å². The molecule has 130 valence electrons. The molecule has 3 rings (SSSR count). The lowest BCUT2D eigenvalue weighted by atomic mass is 10.1. The zero-order chi connectivity index (χ0) is 18.0. The van der Waals surface area contributed by atoms with Crippen LogP contribution >= 0.6 is 0 Å². The van der Waals surface area contributed by atoms with Crippen LogP contribution < -0.4 is 10.2 Å². The third-order valence-electron chi connectivity index (χ3n) is 4.52. The predicted molar refractivity (Wildman–Crippen MR) is 95.1 cm³/mol. The number of nitrogens with zero attached hydrogens (tertiary/aromatic N) is 1. The van der Waals surface area contributed by atoms with Crippen molar-refractivity contribution in [1.29, 1.82) is 0 Å². The van der Waals surface area contributed by atoms with Crippen LogP contribution in [0.3, 0.4) is 0 Å². The summed E-state index contributed by atoms with van der Waals surface area (Å²) < 4.78 is 13.3. The molecule has 1 aliphatic heterocycles. The number of anilines is 1. The van der Waals surface area contributed by atoms with E-state index in [9.17, 15) is 14.0 Å². The van der Waals surface area contributed by atoms with Gasteiger partial charge in [-0.15, -0.1) is 0 Å². The molecule has 0 aromatic heterocycles. The van der Waals surface area contributed by atoms with Crippen LogP contribution in [-0.2, 0) is 17.8 Å². The Hall–Kier alpha value is -2.69. The minimum atomic E-state index is -0.250. The van der Waals surface area contributed by atoms with E-state index in [-0.39, 0.29) is 17.6 Å². The molecular weight excluding hydrogens is 319 g/mol. The first-order valence-corrected chi connectivity index (χ1v) is 8.46. The average molecular weight is 340 g/mol. The molecule has 25 heavy (non-hydrogen) atoms. The van der Waals surface area contributed by atoms with Crippen molar-refractivity contribution in [3.05, 3.63) is 64.5 Å². The largest absolute Gasteiger partial charge is 0.348 e. The van der Waals surface area contributed by atoms with Crippen LogP contribution in [0.1, 0.15) is 40.4 Å². The first-order chi connectivity index (χ1) is 12.0. The van der Waals surface area contributed by atoms with Crippen molar-refractivity contribution in [3.63, 3.8) is 0 Å². The Kier molecular flexibility index (Phi) is 4.83. The maximum Gasteiger partial charge on any atom is 0.251 e. The number of benzene rings is 2. The highest BCUT2D eigenvalue weighted by atomic mass is 19.1. The summed E-state index contributed by atoms with van der Waals surface area (Å²) in [6.07, 6.45) is 1.23. The van der Waals surface area contributed by atoms with Crippen LogP contribution in [0.25, 0.3) is 0 Å². The number of fused-ring (bicyclic) bond motifs is 1. The molecule has 4 nitrogen and oxygen atoms in total. The molecule has 2 amide bonds. The summed E-state index contributed by atoms with van der Waals surface area (Å²) in [4.78, 5) is 26.1. The number of aryl methyl sites for hydroxylation is 1. The third-order valence-corrected chi connectivity index (χ3v) is 4.52. The number of amides is 2. The van der Waals surface area contributed by atoms with E-state index >= 15 is 0 Å². The van der Waals surface area contributed by atoms with Crippen LogP contribution in [0.4, 0.5) is 10.1 Å². The Labute approximate surface area is 146 Å². The van der Waals surface area contributed by atoms with Gasteiger partial charge >= 0.3 is 0 Å². The van der Waals surface area contributed by atoms with E-state index in [0.29, 0.717) is 30.6 Å². The molecule has 0 fully saturated rings. The molecule has 2 aromatic rings. The molecule has 1 aliphatic rings. The van der Waals surface area contributed by atoms with Crippen molar-refractivity contribution in [2.75, 3.05) is 11.4 Å². The van der Waals surface area contributed by atoms with E-state index < -0.39 is 0 Å². The Morgan fingerprint density at radius 2 is 2.00 bits per heavy atom. The Balaban J connectivity index is 1.69.